The highest BCUT2D eigenvalue weighted by Gasteiger charge is 2.68. The summed E-state index contributed by atoms with van der Waals surface area (Å²) in [6.07, 6.45) is -2.86. The normalized spacial score (nSPS) is 22.2. The average molecular weight is 536 g/mol. The lowest BCUT2D eigenvalue weighted by molar-refractivity contribution is -0.171. The zero-order chi connectivity index (χ0) is 24.8. The Morgan fingerprint density at radius 3 is 1.97 bits per heavy atom. The second-order valence-electron chi connectivity index (χ2n) is 7.13. The molecule has 0 aliphatic carbocycles. The van der Waals surface area contributed by atoms with Crippen molar-refractivity contribution >= 4 is 33.8 Å². The lowest BCUT2D eigenvalue weighted by atomic mass is 9.75. The van der Waals surface area contributed by atoms with Crippen LogP contribution in [0.1, 0.15) is 32.3 Å². The monoisotopic (exact) mass is 535 g/mol. The quantitative estimate of drug-likeness (QED) is 0.235. The smallest absolute Gasteiger partial charge is 0.404 e. The van der Waals surface area contributed by atoms with Gasteiger partial charge in [-0.2, -0.15) is 13.2 Å². The predicted molar refractivity (Wildman–Crippen MR) is 115 cm³/mol. The lowest BCUT2D eigenvalue weighted by Crippen LogP contribution is -2.62. The van der Waals surface area contributed by atoms with Crippen molar-refractivity contribution in [2.45, 2.75) is 44.4 Å². The van der Waals surface area contributed by atoms with E-state index in [1.807, 2.05) is 0 Å². The molecule has 1 saturated heterocycles. The van der Waals surface area contributed by atoms with Crippen molar-refractivity contribution in [2.75, 3.05) is 19.8 Å². The molecule has 182 valence electrons. The minimum atomic E-state index is -4.85. The highest BCUT2D eigenvalue weighted by molar-refractivity contribution is 9.10. The van der Waals surface area contributed by atoms with E-state index in [0.717, 1.165) is 12.2 Å². The molecule has 0 amide bonds. The first-order chi connectivity index (χ1) is 15.5. The van der Waals surface area contributed by atoms with Crippen molar-refractivity contribution < 1.29 is 41.8 Å². The van der Waals surface area contributed by atoms with Gasteiger partial charge in [0.25, 0.3) is 0 Å². The maximum Gasteiger partial charge on any atom is 0.404 e. The van der Waals surface area contributed by atoms with E-state index < -0.39 is 47.5 Å². The fourth-order valence-corrected chi connectivity index (χ4v) is 4.14. The van der Waals surface area contributed by atoms with E-state index >= 15 is 0 Å². The Kier molecular flexibility index (Phi) is 9.07. The summed E-state index contributed by atoms with van der Waals surface area (Å²) in [5.74, 6) is -6.22. The molecule has 0 bridgehead atoms. The van der Waals surface area contributed by atoms with Gasteiger partial charge >= 0.3 is 24.1 Å². The Labute approximate surface area is 197 Å². The summed E-state index contributed by atoms with van der Waals surface area (Å²) in [5.41, 5.74) is -2.34. The number of ether oxygens (including phenoxy) is 3. The second-order valence-corrected chi connectivity index (χ2v) is 8.04. The maximum atomic E-state index is 14.2. The van der Waals surface area contributed by atoms with Crippen molar-refractivity contribution in [1.82, 2.24) is 5.32 Å². The Bertz CT molecular complexity index is 869. The third-order valence-electron chi connectivity index (χ3n) is 5.16. The van der Waals surface area contributed by atoms with Crippen LogP contribution in [0, 0.1) is 5.92 Å². The number of hydrogen-bond acceptors (Lipinski definition) is 7. The molecule has 1 fully saturated rings. The van der Waals surface area contributed by atoms with Gasteiger partial charge in [0, 0.05) is 22.4 Å². The fraction of sp³-hybridized carbons (Fsp3) is 0.500. The largest absolute Gasteiger partial charge is 0.464 e. The van der Waals surface area contributed by atoms with Gasteiger partial charge in [-0.25, -0.2) is 14.4 Å². The van der Waals surface area contributed by atoms with Crippen LogP contribution >= 0.6 is 15.9 Å². The standard InChI is InChI=1S/C22H25BrF3NO6/c1-4-31-16(28)12-11-15-17(13-7-9-14(23)10-8-13)18(22(24,25)26)27-21(15,19(29)32-5-2)20(30)33-6-3/h7-12,15,17-18,27H,4-6H2,1-3H3/b12-11+/t15-,17-,18-/m0/s1. The molecule has 1 N–H and O–H groups in total. The van der Waals surface area contributed by atoms with E-state index in [0.29, 0.717) is 4.47 Å². The molecule has 3 atom stereocenters. The zero-order valence-electron chi connectivity index (χ0n) is 18.3. The molecule has 33 heavy (non-hydrogen) atoms. The molecule has 1 aromatic rings. The highest BCUT2D eigenvalue weighted by atomic mass is 79.9. The SMILES string of the molecule is CCOC(=O)/C=C/[C@H]1[C@H](c2ccc(Br)cc2)[C@@H](C(F)(F)F)NC1(C(=O)OCC)C(=O)OCC. The Morgan fingerprint density at radius 1 is 1.00 bits per heavy atom. The minimum Gasteiger partial charge on any atom is -0.464 e. The number of rotatable bonds is 8. The first-order valence-corrected chi connectivity index (χ1v) is 11.1. The number of carbonyl (C=O) groups excluding carboxylic acids is 3. The van der Waals surface area contributed by atoms with Gasteiger partial charge in [-0.15, -0.1) is 0 Å². The number of carbonyl (C=O) groups is 3. The molecule has 0 saturated carbocycles. The van der Waals surface area contributed by atoms with Crippen LogP contribution < -0.4 is 5.32 Å². The number of halogens is 4. The molecule has 1 heterocycles. The van der Waals surface area contributed by atoms with Crippen molar-refractivity contribution in [3.05, 3.63) is 46.5 Å². The number of alkyl halides is 3. The van der Waals surface area contributed by atoms with Crippen LogP contribution in [-0.2, 0) is 28.6 Å². The molecule has 2 rings (SSSR count). The molecule has 1 aliphatic rings. The molecule has 0 unspecified atom stereocenters. The van der Waals surface area contributed by atoms with Crippen molar-refractivity contribution in [3.8, 4) is 0 Å². The highest BCUT2D eigenvalue weighted by Crippen LogP contribution is 2.49. The summed E-state index contributed by atoms with van der Waals surface area (Å²) in [6, 6.07) is 3.68. The molecule has 0 aromatic heterocycles. The van der Waals surface area contributed by atoms with Crippen LogP contribution in [0.2, 0.25) is 0 Å². The summed E-state index contributed by atoms with van der Waals surface area (Å²) in [4.78, 5) is 38.1. The molecule has 0 spiro atoms. The van der Waals surface area contributed by atoms with E-state index in [-0.39, 0.29) is 25.4 Å². The zero-order valence-corrected chi connectivity index (χ0v) is 19.9. The number of nitrogens with one attached hydrogen (secondary N) is 1. The molecular formula is C22H25BrF3NO6. The maximum absolute atomic E-state index is 14.2. The van der Waals surface area contributed by atoms with Gasteiger partial charge < -0.3 is 14.2 Å². The summed E-state index contributed by atoms with van der Waals surface area (Å²) in [6.45, 7) is 4.15. The van der Waals surface area contributed by atoms with Crippen LogP contribution in [0.3, 0.4) is 0 Å². The van der Waals surface area contributed by atoms with Gasteiger partial charge in [-0.3, -0.25) is 5.32 Å². The fourth-order valence-electron chi connectivity index (χ4n) is 3.88. The lowest BCUT2D eigenvalue weighted by Gasteiger charge is -2.30. The molecular weight excluding hydrogens is 511 g/mol. The molecule has 11 heteroatoms. The van der Waals surface area contributed by atoms with Crippen molar-refractivity contribution in [1.29, 1.82) is 0 Å². The van der Waals surface area contributed by atoms with Gasteiger partial charge in [0.05, 0.1) is 19.8 Å². The summed E-state index contributed by atoms with van der Waals surface area (Å²) < 4.78 is 58.1. The average Bonchev–Trinajstić information content (AvgIpc) is 3.10. The first-order valence-electron chi connectivity index (χ1n) is 10.3. The van der Waals surface area contributed by atoms with Gasteiger partial charge in [0.2, 0.25) is 5.54 Å². The van der Waals surface area contributed by atoms with Gasteiger partial charge in [-0.1, -0.05) is 34.1 Å². The topological polar surface area (TPSA) is 90.9 Å². The Balaban J connectivity index is 2.78. The van der Waals surface area contributed by atoms with E-state index in [1.165, 1.54) is 26.0 Å². The summed E-state index contributed by atoms with van der Waals surface area (Å²) in [5, 5.41) is 2.19. The van der Waals surface area contributed by atoms with Gasteiger partial charge in [0.15, 0.2) is 0 Å². The summed E-state index contributed by atoms with van der Waals surface area (Å²) in [7, 11) is 0. The third kappa shape index (κ3) is 5.75. The minimum absolute atomic E-state index is 0.0360. The van der Waals surface area contributed by atoms with E-state index in [9.17, 15) is 27.6 Å². The van der Waals surface area contributed by atoms with Crippen molar-refractivity contribution in [2.24, 2.45) is 5.92 Å². The van der Waals surface area contributed by atoms with Crippen LogP contribution in [0.4, 0.5) is 13.2 Å². The number of benzene rings is 1. The Hall–Kier alpha value is -2.40. The van der Waals surface area contributed by atoms with Crippen molar-refractivity contribution in [3.63, 3.8) is 0 Å². The van der Waals surface area contributed by atoms with Crippen LogP contribution in [0.25, 0.3) is 0 Å². The van der Waals surface area contributed by atoms with Gasteiger partial charge in [-0.05, 0) is 38.5 Å². The van der Waals surface area contributed by atoms with Gasteiger partial charge in [0.1, 0.15) is 6.04 Å². The van der Waals surface area contributed by atoms with Crippen LogP contribution in [0.15, 0.2) is 40.9 Å². The van der Waals surface area contributed by atoms with Crippen LogP contribution in [0.5, 0.6) is 0 Å². The summed E-state index contributed by atoms with van der Waals surface area (Å²) >= 11 is 3.24. The Morgan fingerprint density at radius 2 is 1.52 bits per heavy atom. The van der Waals surface area contributed by atoms with E-state index in [2.05, 4.69) is 21.2 Å². The van der Waals surface area contributed by atoms with E-state index in [1.54, 1.807) is 19.1 Å². The molecule has 7 nitrogen and oxygen atoms in total. The molecule has 1 aliphatic heterocycles. The first kappa shape index (κ1) is 26.8. The number of hydrogen-bond donors (Lipinski definition) is 1. The van der Waals surface area contributed by atoms with Crippen LogP contribution in [-0.4, -0.2) is 55.5 Å². The molecule has 1 aromatic carbocycles. The third-order valence-corrected chi connectivity index (χ3v) is 5.69. The van der Waals surface area contributed by atoms with E-state index in [4.69, 9.17) is 14.2 Å². The second kappa shape index (κ2) is 11.1. The molecule has 0 radical (unpaired) electrons. The predicted octanol–water partition coefficient (Wildman–Crippen LogP) is 3.67. The number of esters is 3.